The first kappa shape index (κ1) is 25.7. The van der Waals surface area contributed by atoms with Crippen LogP contribution in [0, 0.1) is 11.6 Å². The Kier molecular flexibility index (Phi) is 7.57. The van der Waals surface area contributed by atoms with Crippen molar-refractivity contribution in [3.63, 3.8) is 0 Å². The van der Waals surface area contributed by atoms with Crippen molar-refractivity contribution in [2.45, 2.75) is 57.9 Å². The van der Waals surface area contributed by atoms with Gasteiger partial charge in [-0.25, -0.2) is 33.5 Å². The highest BCUT2D eigenvalue weighted by atomic mass is 19.1. The first-order chi connectivity index (χ1) is 18.4. The number of carboxylic acid groups (broad SMARTS) is 1. The molecule has 0 spiro atoms. The number of aromatic carboxylic acids is 1. The molecule has 4 aromatic rings. The molecule has 38 heavy (non-hydrogen) atoms. The van der Waals surface area contributed by atoms with Crippen molar-refractivity contribution >= 4 is 23.0 Å². The Labute approximate surface area is 219 Å². The lowest BCUT2D eigenvalue weighted by Crippen LogP contribution is -2.35. The van der Waals surface area contributed by atoms with E-state index in [1.54, 1.807) is 0 Å². The molecule has 10 heteroatoms. The first-order valence-electron chi connectivity index (χ1n) is 13.0. The maximum atomic E-state index is 15.2. The highest BCUT2D eigenvalue weighted by molar-refractivity contribution is 5.87. The largest absolute Gasteiger partial charge is 0.478 e. The molecular weight excluding hydrogens is 490 g/mol. The molecule has 8 nitrogen and oxygen atoms in total. The van der Waals surface area contributed by atoms with Gasteiger partial charge in [0, 0.05) is 44.1 Å². The van der Waals surface area contributed by atoms with Crippen molar-refractivity contribution in [1.29, 1.82) is 0 Å². The van der Waals surface area contributed by atoms with Crippen LogP contribution in [0.5, 0.6) is 0 Å². The summed E-state index contributed by atoms with van der Waals surface area (Å²) in [6.07, 6.45) is 12.7. The number of rotatable bonds is 9. The highest BCUT2D eigenvalue weighted by Gasteiger charge is 2.26. The van der Waals surface area contributed by atoms with E-state index in [2.05, 4.69) is 31.8 Å². The molecule has 1 N–H and O–H groups in total. The number of nitrogens with zero attached hydrogens (tertiary/aromatic N) is 6. The van der Waals surface area contributed by atoms with Crippen LogP contribution in [0.4, 0.5) is 14.7 Å². The molecule has 5 rings (SSSR count). The van der Waals surface area contributed by atoms with Crippen molar-refractivity contribution in [2.24, 2.45) is 0 Å². The van der Waals surface area contributed by atoms with Crippen LogP contribution in [0.3, 0.4) is 0 Å². The van der Waals surface area contributed by atoms with E-state index >= 15 is 4.39 Å². The molecule has 198 valence electrons. The van der Waals surface area contributed by atoms with Crippen molar-refractivity contribution in [3.8, 4) is 0 Å². The van der Waals surface area contributed by atoms with Crippen LogP contribution in [0.2, 0.25) is 0 Å². The minimum atomic E-state index is -1.21. The van der Waals surface area contributed by atoms with Crippen molar-refractivity contribution in [2.75, 3.05) is 18.0 Å². The monoisotopic (exact) mass is 520 g/mol. The number of piperidine rings is 1. The number of fused-ring (bicyclic) bond motifs is 1. The van der Waals surface area contributed by atoms with Gasteiger partial charge in [-0.05, 0) is 48.9 Å². The lowest BCUT2D eigenvalue weighted by molar-refractivity contribution is 0.0696. The smallest absolute Gasteiger partial charge is 0.335 e. The lowest BCUT2D eigenvalue weighted by Gasteiger charge is -2.32. The summed E-state index contributed by atoms with van der Waals surface area (Å²) in [6.45, 7) is 3.66. The molecular formula is C28H30F2N6O2. The van der Waals surface area contributed by atoms with E-state index in [9.17, 15) is 9.18 Å². The normalized spacial score (nSPS) is 14.3. The van der Waals surface area contributed by atoms with Crippen molar-refractivity contribution < 1.29 is 18.7 Å². The Hall–Kier alpha value is -3.95. The number of hydrogen-bond donors (Lipinski definition) is 1. The molecule has 1 aromatic carbocycles. The van der Waals surface area contributed by atoms with Gasteiger partial charge < -0.3 is 14.6 Å². The summed E-state index contributed by atoms with van der Waals surface area (Å²) in [5.74, 6) is -1.62. The maximum absolute atomic E-state index is 15.2. The van der Waals surface area contributed by atoms with Gasteiger partial charge in [-0.3, -0.25) is 0 Å². The minimum Gasteiger partial charge on any atom is -0.478 e. The van der Waals surface area contributed by atoms with Crippen LogP contribution in [0.25, 0.3) is 11.0 Å². The Morgan fingerprint density at radius 3 is 2.50 bits per heavy atom. The Morgan fingerprint density at radius 1 is 1.05 bits per heavy atom. The third-order valence-corrected chi connectivity index (χ3v) is 7.20. The summed E-state index contributed by atoms with van der Waals surface area (Å²) in [4.78, 5) is 31.0. The van der Waals surface area contributed by atoms with Gasteiger partial charge in [0.2, 0.25) is 5.95 Å². The van der Waals surface area contributed by atoms with Crippen LogP contribution in [0.15, 0.2) is 43.1 Å². The number of aryl methyl sites for hydroxylation is 1. The molecule has 3 aromatic heterocycles. The number of hydrogen-bond acceptors (Lipinski definition) is 6. The average molecular weight is 521 g/mol. The number of benzene rings is 1. The zero-order valence-corrected chi connectivity index (χ0v) is 21.3. The molecule has 0 aliphatic carbocycles. The number of aromatic nitrogens is 5. The second-order valence-corrected chi connectivity index (χ2v) is 9.76. The van der Waals surface area contributed by atoms with Gasteiger partial charge in [0.15, 0.2) is 5.82 Å². The van der Waals surface area contributed by atoms with Gasteiger partial charge in [0.25, 0.3) is 0 Å². The molecule has 0 amide bonds. The van der Waals surface area contributed by atoms with E-state index < -0.39 is 17.6 Å². The van der Waals surface area contributed by atoms with E-state index in [1.165, 1.54) is 37.5 Å². The Morgan fingerprint density at radius 2 is 1.82 bits per heavy atom. The quantitative estimate of drug-likeness (QED) is 0.297. The highest BCUT2D eigenvalue weighted by Crippen LogP contribution is 2.31. The van der Waals surface area contributed by atoms with Crippen LogP contribution < -0.4 is 4.90 Å². The van der Waals surface area contributed by atoms with Crippen LogP contribution in [-0.4, -0.2) is 48.7 Å². The number of carboxylic acids is 1. The molecule has 1 aliphatic rings. The molecule has 0 bridgehead atoms. The number of anilines is 1. The van der Waals surface area contributed by atoms with E-state index in [0.717, 1.165) is 50.4 Å². The van der Waals surface area contributed by atoms with E-state index in [-0.39, 0.29) is 29.0 Å². The summed E-state index contributed by atoms with van der Waals surface area (Å²) in [5.41, 5.74) is 2.08. The summed E-state index contributed by atoms with van der Waals surface area (Å²) >= 11 is 0. The zero-order chi connectivity index (χ0) is 26.6. The molecule has 0 radical (unpaired) electrons. The molecule has 4 heterocycles. The van der Waals surface area contributed by atoms with Gasteiger partial charge in [-0.2, -0.15) is 0 Å². The fourth-order valence-electron chi connectivity index (χ4n) is 5.08. The van der Waals surface area contributed by atoms with Crippen LogP contribution in [0.1, 0.15) is 72.2 Å². The van der Waals surface area contributed by atoms with Gasteiger partial charge in [-0.1, -0.05) is 25.8 Å². The van der Waals surface area contributed by atoms with E-state index in [0.29, 0.717) is 17.3 Å². The number of unbranched alkanes of at least 4 members (excludes halogenated alkanes) is 2. The summed E-state index contributed by atoms with van der Waals surface area (Å²) in [7, 11) is 0. The first-order valence-corrected chi connectivity index (χ1v) is 13.0. The van der Waals surface area contributed by atoms with Gasteiger partial charge >= 0.3 is 5.97 Å². The number of halogens is 2. The average Bonchev–Trinajstić information content (AvgIpc) is 3.27. The molecule has 1 saturated heterocycles. The maximum Gasteiger partial charge on any atom is 0.335 e. The third-order valence-electron chi connectivity index (χ3n) is 7.20. The van der Waals surface area contributed by atoms with E-state index in [4.69, 9.17) is 5.11 Å². The lowest BCUT2D eigenvalue weighted by atomic mass is 10.0. The third kappa shape index (κ3) is 5.34. The topological polar surface area (TPSA) is 97.0 Å². The predicted molar refractivity (Wildman–Crippen MR) is 139 cm³/mol. The molecule has 0 atom stereocenters. The van der Waals surface area contributed by atoms with Crippen molar-refractivity contribution in [3.05, 3.63) is 77.1 Å². The Bertz CT molecular complexity index is 1430. The van der Waals surface area contributed by atoms with Gasteiger partial charge in [0.05, 0.1) is 16.6 Å². The van der Waals surface area contributed by atoms with E-state index in [1.807, 2.05) is 17.0 Å². The molecule has 0 unspecified atom stereocenters. The standard InChI is InChI=1S/C28H30F2N6O2/c1-2-3-4-5-18-14-31-28(32-15-18)35-10-8-21(9-11-35)36-16-23(30)25-24(33-17-34-26(25)36)13-19-6-7-20(27(37)38)12-22(19)29/h6-7,12,14-17,21H,2-5,8-11,13H2,1H3,(H,37,38). The SMILES string of the molecule is CCCCCc1cnc(N2CCC(n3cc(F)c4c(Cc5ccc(C(=O)O)cc5F)ncnc43)CC2)nc1. The van der Waals surface area contributed by atoms with Crippen LogP contribution in [-0.2, 0) is 12.8 Å². The van der Waals surface area contributed by atoms with Crippen molar-refractivity contribution in [1.82, 2.24) is 24.5 Å². The molecule has 0 saturated carbocycles. The summed E-state index contributed by atoms with van der Waals surface area (Å²) in [5, 5.41) is 9.34. The second kappa shape index (κ2) is 11.2. The number of carbonyl (C=O) groups is 1. The molecule has 1 fully saturated rings. The fourth-order valence-corrected chi connectivity index (χ4v) is 5.08. The van der Waals surface area contributed by atoms with Gasteiger partial charge in [-0.15, -0.1) is 0 Å². The fraction of sp³-hybridized carbons (Fsp3) is 0.393. The minimum absolute atomic E-state index is 0.0237. The Balaban J connectivity index is 1.30. The second-order valence-electron chi connectivity index (χ2n) is 9.76. The zero-order valence-electron chi connectivity index (χ0n) is 21.3. The van der Waals surface area contributed by atoms with Gasteiger partial charge in [0.1, 0.15) is 17.8 Å². The van der Waals surface area contributed by atoms with Crippen LogP contribution >= 0.6 is 0 Å². The summed E-state index contributed by atoms with van der Waals surface area (Å²) in [6, 6.07) is 3.74. The summed E-state index contributed by atoms with van der Waals surface area (Å²) < 4.78 is 31.6. The predicted octanol–water partition coefficient (Wildman–Crippen LogP) is 5.36. The molecule has 1 aliphatic heterocycles.